The molecule has 1 fully saturated rings. The zero-order valence-corrected chi connectivity index (χ0v) is 20.6. The Morgan fingerprint density at radius 3 is 2.28 bits per heavy atom. The van der Waals surface area contributed by atoms with Crippen LogP contribution in [0.3, 0.4) is 0 Å². The number of anilines is 1. The number of methoxy groups -OCH3 is 2. The summed E-state index contributed by atoms with van der Waals surface area (Å²) in [4.78, 5) is 39.1. The van der Waals surface area contributed by atoms with Gasteiger partial charge in [0.15, 0.2) is 11.5 Å². The first-order chi connectivity index (χ1) is 17.3. The number of carbonyl (C=O) groups is 3. The topological polar surface area (TPSA) is 94.2 Å². The summed E-state index contributed by atoms with van der Waals surface area (Å²) in [7, 11) is 2.89. The van der Waals surface area contributed by atoms with Crippen molar-refractivity contribution in [2.75, 3.05) is 19.1 Å². The third kappa shape index (κ3) is 5.18. The van der Waals surface area contributed by atoms with Crippen LogP contribution in [-0.2, 0) is 16.2 Å². The molecule has 0 unspecified atom stereocenters. The molecule has 0 aromatic heterocycles. The summed E-state index contributed by atoms with van der Waals surface area (Å²) < 4.78 is 16.3. The maximum absolute atomic E-state index is 13.2. The van der Waals surface area contributed by atoms with Crippen LogP contribution in [0, 0.1) is 6.92 Å². The third-order valence-electron chi connectivity index (χ3n) is 5.49. The number of rotatable bonds is 7. The average Bonchev–Trinajstić information content (AvgIpc) is 2.86. The minimum atomic E-state index is -0.846. The van der Waals surface area contributed by atoms with Crippen LogP contribution >= 0.6 is 11.6 Å². The van der Waals surface area contributed by atoms with E-state index >= 15 is 0 Å². The lowest BCUT2D eigenvalue weighted by Crippen LogP contribution is -2.54. The molecule has 0 saturated carbocycles. The lowest BCUT2D eigenvalue weighted by atomic mass is 10.1. The number of nitrogens with zero attached hydrogens (tertiary/aromatic N) is 1. The molecule has 1 saturated heterocycles. The number of barbiturate groups is 1. The van der Waals surface area contributed by atoms with Crippen molar-refractivity contribution in [2.24, 2.45) is 0 Å². The minimum Gasteiger partial charge on any atom is -0.493 e. The normalized spacial score (nSPS) is 14.6. The first kappa shape index (κ1) is 24.8. The van der Waals surface area contributed by atoms with Crippen molar-refractivity contribution in [3.63, 3.8) is 0 Å². The van der Waals surface area contributed by atoms with Crippen LogP contribution in [-0.4, -0.2) is 32.1 Å². The molecule has 8 nitrogen and oxygen atoms in total. The number of urea groups is 1. The number of benzene rings is 3. The molecule has 3 aromatic rings. The summed E-state index contributed by atoms with van der Waals surface area (Å²) >= 11 is 6.24. The molecule has 0 atom stereocenters. The molecule has 3 aromatic carbocycles. The van der Waals surface area contributed by atoms with Crippen molar-refractivity contribution in [2.45, 2.75) is 13.5 Å². The van der Waals surface area contributed by atoms with Crippen LogP contribution in [0.2, 0.25) is 5.02 Å². The SMILES string of the molecule is COc1cc(/C=C2\C(=O)NC(=O)N(c3ccc(OCc4ccc(C)cc4)cc3)C2=O)cc(Cl)c1OC. The summed E-state index contributed by atoms with van der Waals surface area (Å²) in [5, 5.41) is 2.44. The van der Waals surface area contributed by atoms with Crippen LogP contribution in [0.25, 0.3) is 6.08 Å². The number of carbonyl (C=O) groups excluding carboxylic acids is 3. The molecule has 9 heteroatoms. The molecule has 0 spiro atoms. The molecule has 0 bridgehead atoms. The molecule has 0 aliphatic carbocycles. The fourth-order valence-corrected chi connectivity index (χ4v) is 3.92. The predicted octanol–water partition coefficient (Wildman–Crippen LogP) is 4.91. The highest BCUT2D eigenvalue weighted by atomic mass is 35.5. The summed E-state index contributed by atoms with van der Waals surface area (Å²) in [5.74, 6) is -0.374. The molecule has 1 N–H and O–H groups in total. The summed E-state index contributed by atoms with van der Waals surface area (Å²) in [6, 6.07) is 16.7. The number of nitrogens with one attached hydrogen (secondary N) is 1. The van der Waals surface area contributed by atoms with Gasteiger partial charge in [0.25, 0.3) is 11.8 Å². The zero-order valence-electron chi connectivity index (χ0n) is 19.8. The molecule has 4 rings (SSSR count). The van der Waals surface area contributed by atoms with E-state index in [9.17, 15) is 14.4 Å². The lowest BCUT2D eigenvalue weighted by Gasteiger charge is -2.26. The molecular formula is C27H23ClN2O6. The van der Waals surface area contributed by atoms with Crippen molar-refractivity contribution in [1.82, 2.24) is 5.32 Å². The maximum atomic E-state index is 13.2. The quantitative estimate of drug-likeness (QED) is 0.361. The molecule has 1 aliphatic heterocycles. The van der Waals surface area contributed by atoms with Gasteiger partial charge in [-0.3, -0.25) is 14.9 Å². The predicted molar refractivity (Wildman–Crippen MR) is 136 cm³/mol. The average molecular weight is 507 g/mol. The van der Waals surface area contributed by atoms with Crippen molar-refractivity contribution in [3.05, 3.63) is 87.9 Å². The molecule has 4 amide bonds. The van der Waals surface area contributed by atoms with Crippen LogP contribution in [0.5, 0.6) is 17.2 Å². The molecule has 1 heterocycles. The van der Waals surface area contributed by atoms with Gasteiger partial charge in [-0.25, -0.2) is 9.69 Å². The Morgan fingerprint density at radius 2 is 1.64 bits per heavy atom. The van der Waals surface area contributed by atoms with Gasteiger partial charge >= 0.3 is 6.03 Å². The van der Waals surface area contributed by atoms with Gasteiger partial charge in [0.05, 0.1) is 24.9 Å². The van der Waals surface area contributed by atoms with Crippen molar-refractivity contribution in [3.8, 4) is 17.2 Å². The van der Waals surface area contributed by atoms with Gasteiger partial charge in [-0.1, -0.05) is 41.4 Å². The standard InChI is InChI=1S/C27H23ClN2O6/c1-16-4-6-17(7-5-16)15-36-20-10-8-19(9-11-20)30-26(32)21(25(31)29-27(30)33)12-18-13-22(28)24(35-3)23(14-18)34-2/h4-14H,15H2,1-3H3,(H,29,31,33)/b21-12+. The number of imide groups is 2. The van der Waals surface area contributed by atoms with E-state index < -0.39 is 17.8 Å². The van der Waals surface area contributed by atoms with E-state index in [1.54, 1.807) is 30.3 Å². The second-order valence-electron chi connectivity index (χ2n) is 7.96. The van der Waals surface area contributed by atoms with Crippen molar-refractivity contribution in [1.29, 1.82) is 0 Å². The van der Waals surface area contributed by atoms with Gasteiger partial charge in [-0.2, -0.15) is 0 Å². The Morgan fingerprint density at radius 1 is 0.944 bits per heavy atom. The van der Waals surface area contributed by atoms with E-state index in [0.29, 0.717) is 29.4 Å². The number of ether oxygens (including phenoxy) is 3. The van der Waals surface area contributed by atoms with Gasteiger partial charge < -0.3 is 14.2 Å². The Bertz CT molecular complexity index is 1350. The highest BCUT2D eigenvalue weighted by Gasteiger charge is 2.37. The van der Waals surface area contributed by atoms with Crippen LogP contribution in [0.4, 0.5) is 10.5 Å². The fourth-order valence-electron chi connectivity index (χ4n) is 3.62. The first-order valence-electron chi connectivity index (χ1n) is 10.9. The first-order valence-corrected chi connectivity index (χ1v) is 11.3. The van der Waals surface area contributed by atoms with E-state index in [4.69, 9.17) is 25.8 Å². The smallest absolute Gasteiger partial charge is 0.335 e. The minimum absolute atomic E-state index is 0.238. The molecule has 0 radical (unpaired) electrons. The van der Waals surface area contributed by atoms with Crippen LogP contribution in [0.15, 0.2) is 66.2 Å². The fraction of sp³-hybridized carbons (Fsp3) is 0.148. The Hall–Kier alpha value is -4.30. The molecule has 36 heavy (non-hydrogen) atoms. The lowest BCUT2D eigenvalue weighted by molar-refractivity contribution is -0.122. The number of halogens is 1. The Labute approximate surface area is 213 Å². The van der Waals surface area contributed by atoms with Gasteiger partial charge in [0.2, 0.25) is 0 Å². The maximum Gasteiger partial charge on any atom is 0.335 e. The Kier molecular flexibility index (Phi) is 7.26. The summed E-state index contributed by atoms with van der Waals surface area (Å²) in [6.45, 7) is 2.39. The molecule has 1 aliphatic rings. The number of hydrogen-bond acceptors (Lipinski definition) is 6. The van der Waals surface area contributed by atoms with E-state index in [1.165, 1.54) is 26.4 Å². The second kappa shape index (κ2) is 10.5. The molecule has 184 valence electrons. The van der Waals surface area contributed by atoms with E-state index in [0.717, 1.165) is 16.0 Å². The zero-order chi connectivity index (χ0) is 25.8. The number of amides is 4. The number of aryl methyl sites for hydroxylation is 1. The van der Waals surface area contributed by atoms with E-state index in [2.05, 4.69) is 5.32 Å². The van der Waals surface area contributed by atoms with Gasteiger partial charge in [-0.05, 0) is 60.5 Å². The van der Waals surface area contributed by atoms with Crippen molar-refractivity contribution < 1.29 is 28.6 Å². The highest BCUT2D eigenvalue weighted by Crippen LogP contribution is 2.37. The largest absolute Gasteiger partial charge is 0.493 e. The molecular weight excluding hydrogens is 484 g/mol. The highest BCUT2D eigenvalue weighted by molar-refractivity contribution is 6.39. The number of hydrogen-bond donors (Lipinski definition) is 1. The van der Waals surface area contributed by atoms with E-state index in [1.807, 2.05) is 31.2 Å². The van der Waals surface area contributed by atoms with E-state index in [-0.39, 0.29) is 16.3 Å². The third-order valence-corrected chi connectivity index (χ3v) is 5.77. The monoisotopic (exact) mass is 506 g/mol. The van der Waals surface area contributed by atoms with Gasteiger partial charge in [-0.15, -0.1) is 0 Å². The summed E-state index contributed by atoms with van der Waals surface area (Å²) in [6.07, 6.45) is 1.34. The van der Waals surface area contributed by atoms with Gasteiger partial charge in [0, 0.05) is 0 Å². The summed E-state index contributed by atoms with van der Waals surface area (Å²) in [5.41, 5.74) is 2.64. The van der Waals surface area contributed by atoms with Crippen molar-refractivity contribution >= 4 is 41.2 Å². The van der Waals surface area contributed by atoms with Crippen LogP contribution < -0.4 is 24.4 Å². The Balaban J connectivity index is 1.56. The van der Waals surface area contributed by atoms with Gasteiger partial charge in [0.1, 0.15) is 17.9 Å². The second-order valence-corrected chi connectivity index (χ2v) is 8.37. The van der Waals surface area contributed by atoms with Crippen LogP contribution in [0.1, 0.15) is 16.7 Å².